The average molecular weight is 459 g/mol. The molecular weight excluding hydrogens is 443 g/mol. The van der Waals surface area contributed by atoms with Crippen molar-refractivity contribution in [1.29, 1.82) is 0 Å². The number of halogens is 2. The summed E-state index contributed by atoms with van der Waals surface area (Å²) in [6.45, 7) is 1.89. The van der Waals surface area contributed by atoms with E-state index in [-0.39, 0.29) is 17.0 Å². The number of carbonyl (C=O) groups is 2. The molecule has 1 N–H and O–H groups in total. The van der Waals surface area contributed by atoms with Crippen molar-refractivity contribution >= 4 is 63.3 Å². The van der Waals surface area contributed by atoms with Gasteiger partial charge in [-0.25, -0.2) is 4.90 Å². The summed E-state index contributed by atoms with van der Waals surface area (Å²) < 4.78 is 5.37. The number of nitrogens with one attached hydrogen (secondary N) is 1. The Hall–Kier alpha value is -2.80. The highest BCUT2D eigenvalue weighted by Gasteiger charge is 2.42. The van der Waals surface area contributed by atoms with Crippen LogP contribution >= 0.6 is 34.5 Å². The fourth-order valence-electron chi connectivity index (χ4n) is 3.22. The predicted molar refractivity (Wildman–Crippen MR) is 122 cm³/mol. The van der Waals surface area contributed by atoms with Crippen LogP contribution in [0, 0.1) is 6.92 Å². The molecule has 3 aromatic rings. The molecule has 0 unspecified atom stereocenters. The summed E-state index contributed by atoms with van der Waals surface area (Å²) in [6, 6.07) is 13.8. The van der Waals surface area contributed by atoms with E-state index in [1.54, 1.807) is 30.3 Å². The van der Waals surface area contributed by atoms with E-state index in [0.717, 1.165) is 10.5 Å². The van der Waals surface area contributed by atoms with Crippen LogP contribution in [0.3, 0.4) is 0 Å². The van der Waals surface area contributed by atoms with Crippen LogP contribution in [-0.2, 0) is 9.59 Å². The van der Waals surface area contributed by atoms with E-state index in [1.165, 1.54) is 24.5 Å². The molecule has 0 saturated carbocycles. The number of hydrogen-bond donors (Lipinski definition) is 1. The van der Waals surface area contributed by atoms with Crippen molar-refractivity contribution in [3.8, 4) is 5.75 Å². The van der Waals surface area contributed by atoms with Gasteiger partial charge >= 0.3 is 0 Å². The lowest BCUT2D eigenvalue weighted by atomic mass is 10.1. The largest absolute Gasteiger partial charge is 0.495 e. The zero-order chi connectivity index (χ0) is 21.4. The number of thiophene rings is 1. The van der Waals surface area contributed by atoms with Crippen LogP contribution in [0.25, 0.3) is 5.57 Å². The van der Waals surface area contributed by atoms with Gasteiger partial charge in [0.15, 0.2) is 0 Å². The fourth-order valence-corrected chi connectivity index (χ4v) is 4.32. The number of methoxy groups -OCH3 is 1. The van der Waals surface area contributed by atoms with Gasteiger partial charge in [0, 0.05) is 20.6 Å². The number of amides is 2. The van der Waals surface area contributed by atoms with Crippen LogP contribution in [-0.4, -0.2) is 18.9 Å². The lowest BCUT2D eigenvalue weighted by molar-refractivity contribution is -0.120. The number of aryl methyl sites for hydroxylation is 1. The Bertz CT molecular complexity index is 1190. The Labute approximate surface area is 187 Å². The normalized spacial score (nSPS) is 13.9. The maximum atomic E-state index is 13.5. The van der Waals surface area contributed by atoms with Crippen molar-refractivity contribution < 1.29 is 14.3 Å². The van der Waals surface area contributed by atoms with Gasteiger partial charge in [-0.05, 0) is 54.3 Å². The molecule has 2 heterocycles. The highest BCUT2D eigenvalue weighted by atomic mass is 35.5. The van der Waals surface area contributed by atoms with Crippen molar-refractivity contribution in [3.63, 3.8) is 0 Å². The molecule has 4 rings (SSSR count). The van der Waals surface area contributed by atoms with Crippen LogP contribution in [0.2, 0.25) is 10.0 Å². The number of nitrogens with zero attached hydrogens (tertiary/aromatic N) is 1. The van der Waals surface area contributed by atoms with Crippen molar-refractivity contribution in [1.82, 2.24) is 0 Å². The van der Waals surface area contributed by atoms with Crippen LogP contribution in [0.4, 0.5) is 11.4 Å². The molecule has 1 aliphatic rings. The van der Waals surface area contributed by atoms with Crippen molar-refractivity contribution in [2.45, 2.75) is 6.92 Å². The van der Waals surface area contributed by atoms with Gasteiger partial charge in [0.25, 0.3) is 11.8 Å². The van der Waals surface area contributed by atoms with Crippen molar-refractivity contribution in [3.05, 3.63) is 80.1 Å². The van der Waals surface area contributed by atoms with E-state index < -0.39 is 11.8 Å². The van der Waals surface area contributed by atoms with E-state index in [4.69, 9.17) is 27.9 Å². The number of ether oxygens (including phenoxy) is 1. The molecule has 2 aromatic carbocycles. The first kappa shape index (κ1) is 20.5. The van der Waals surface area contributed by atoms with Gasteiger partial charge in [-0.15, -0.1) is 11.3 Å². The highest BCUT2D eigenvalue weighted by Crippen LogP contribution is 2.40. The molecule has 5 nitrogen and oxygen atoms in total. The number of rotatable bonds is 5. The Morgan fingerprint density at radius 3 is 2.43 bits per heavy atom. The first-order valence-corrected chi connectivity index (χ1v) is 10.6. The van der Waals surface area contributed by atoms with Crippen molar-refractivity contribution in [2.24, 2.45) is 0 Å². The van der Waals surface area contributed by atoms with Crippen molar-refractivity contribution in [2.75, 3.05) is 17.3 Å². The third-order valence-corrected chi connectivity index (χ3v) is 6.05. The second-order valence-corrected chi connectivity index (χ2v) is 8.39. The molecule has 8 heteroatoms. The number of anilines is 2. The van der Waals surface area contributed by atoms with Gasteiger partial charge in [0.1, 0.15) is 11.4 Å². The van der Waals surface area contributed by atoms with Gasteiger partial charge in [-0.2, -0.15) is 0 Å². The first-order valence-electron chi connectivity index (χ1n) is 8.94. The third kappa shape index (κ3) is 3.58. The average Bonchev–Trinajstić information content (AvgIpc) is 3.32. The number of carbonyl (C=O) groups excluding carboxylic acids is 2. The molecule has 0 spiro atoms. The number of benzene rings is 2. The summed E-state index contributed by atoms with van der Waals surface area (Å²) in [6.07, 6.45) is 0. The Kier molecular flexibility index (Phi) is 5.56. The van der Waals surface area contributed by atoms with Gasteiger partial charge < -0.3 is 10.1 Å². The lowest BCUT2D eigenvalue weighted by Gasteiger charge is -2.19. The summed E-state index contributed by atoms with van der Waals surface area (Å²) in [5.41, 5.74) is 2.28. The molecule has 0 aliphatic carbocycles. The molecule has 152 valence electrons. The minimum atomic E-state index is -0.497. The van der Waals surface area contributed by atoms with Gasteiger partial charge in [-0.3, -0.25) is 9.59 Å². The van der Waals surface area contributed by atoms with Gasteiger partial charge in [0.2, 0.25) is 0 Å². The SMILES string of the molecule is COc1ccc(Cl)cc1N1C(=O)C(Nc2cc(Cl)ccc2C)=C(c2cccs2)C1=O. The van der Waals surface area contributed by atoms with Gasteiger partial charge in [0.05, 0.1) is 18.4 Å². The summed E-state index contributed by atoms with van der Waals surface area (Å²) in [7, 11) is 1.47. The number of hydrogen-bond acceptors (Lipinski definition) is 5. The first-order chi connectivity index (χ1) is 14.4. The quantitative estimate of drug-likeness (QED) is 0.493. The molecule has 0 saturated heterocycles. The Morgan fingerprint density at radius 1 is 1.00 bits per heavy atom. The second-order valence-electron chi connectivity index (χ2n) is 6.57. The van der Waals surface area contributed by atoms with Crippen LogP contribution < -0.4 is 15.0 Å². The van der Waals surface area contributed by atoms with E-state index in [0.29, 0.717) is 26.4 Å². The minimum Gasteiger partial charge on any atom is -0.495 e. The van der Waals surface area contributed by atoms with E-state index in [1.807, 2.05) is 24.4 Å². The van der Waals surface area contributed by atoms with E-state index in [2.05, 4.69) is 5.32 Å². The lowest BCUT2D eigenvalue weighted by Crippen LogP contribution is -2.32. The molecule has 0 radical (unpaired) electrons. The highest BCUT2D eigenvalue weighted by molar-refractivity contribution is 7.11. The van der Waals surface area contributed by atoms with Crippen LogP contribution in [0.1, 0.15) is 10.4 Å². The second kappa shape index (κ2) is 8.14. The summed E-state index contributed by atoms with van der Waals surface area (Å²) >= 11 is 13.7. The Morgan fingerprint density at radius 2 is 1.73 bits per heavy atom. The smallest absolute Gasteiger partial charge is 0.282 e. The fraction of sp³-hybridized carbons (Fsp3) is 0.0909. The summed E-state index contributed by atoms with van der Waals surface area (Å²) in [5.74, 6) is -0.583. The Balaban J connectivity index is 1.86. The van der Waals surface area contributed by atoms with Gasteiger partial charge in [-0.1, -0.05) is 35.3 Å². The molecule has 0 fully saturated rings. The standard InChI is InChI=1S/C22H16Cl2N2O3S/c1-12-5-6-13(23)10-15(12)25-20-19(18-4-3-9-30-18)21(27)26(22(20)28)16-11-14(24)7-8-17(16)29-2/h3-11,25H,1-2H3. The number of imide groups is 1. The minimum absolute atomic E-state index is 0.176. The maximum absolute atomic E-state index is 13.5. The predicted octanol–water partition coefficient (Wildman–Crippen LogP) is 5.77. The summed E-state index contributed by atoms with van der Waals surface area (Å²) in [5, 5.41) is 5.89. The zero-order valence-electron chi connectivity index (χ0n) is 16.0. The molecule has 0 bridgehead atoms. The zero-order valence-corrected chi connectivity index (χ0v) is 18.4. The molecule has 2 amide bonds. The molecule has 1 aromatic heterocycles. The van der Waals surface area contributed by atoms with E-state index >= 15 is 0 Å². The van der Waals surface area contributed by atoms with Crippen LogP contribution in [0.5, 0.6) is 5.75 Å². The molecule has 0 atom stereocenters. The van der Waals surface area contributed by atoms with Crippen LogP contribution in [0.15, 0.2) is 59.6 Å². The topological polar surface area (TPSA) is 58.6 Å². The molecular formula is C22H16Cl2N2O3S. The monoisotopic (exact) mass is 458 g/mol. The molecule has 1 aliphatic heterocycles. The maximum Gasteiger partial charge on any atom is 0.282 e. The van der Waals surface area contributed by atoms with E-state index in [9.17, 15) is 9.59 Å². The summed E-state index contributed by atoms with van der Waals surface area (Å²) in [4.78, 5) is 28.7. The third-order valence-electron chi connectivity index (χ3n) is 4.69. The molecule has 30 heavy (non-hydrogen) atoms.